The summed E-state index contributed by atoms with van der Waals surface area (Å²) in [6.45, 7) is 1.96. The zero-order chi connectivity index (χ0) is 14.8. The summed E-state index contributed by atoms with van der Waals surface area (Å²) in [6.07, 6.45) is 2.01. The van der Waals surface area contributed by atoms with Gasteiger partial charge in [0, 0.05) is 5.69 Å². The van der Waals surface area contributed by atoms with Gasteiger partial charge in [0.15, 0.2) is 0 Å². The van der Waals surface area contributed by atoms with Crippen molar-refractivity contribution in [3.8, 4) is 0 Å². The third-order valence-corrected chi connectivity index (χ3v) is 3.89. The maximum Gasteiger partial charge on any atom is 0.238 e. The van der Waals surface area contributed by atoms with Gasteiger partial charge in [0.05, 0.1) is 4.90 Å². The van der Waals surface area contributed by atoms with Gasteiger partial charge in [-0.25, -0.2) is 13.6 Å². The number of anilines is 1. The van der Waals surface area contributed by atoms with Gasteiger partial charge in [0.25, 0.3) is 0 Å². The van der Waals surface area contributed by atoms with Crippen molar-refractivity contribution in [3.05, 3.63) is 59.7 Å². The molecule has 0 saturated heterocycles. The molecule has 0 amide bonds. The average molecular weight is 288 g/mol. The first-order chi connectivity index (χ1) is 9.36. The third-order valence-electron chi connectivity index (χ3n) is 2.96. The van der Waals surface area contributed by atoms with Crippen molar-refractivity contribution >= 4 is 27.4 Å². The topological polar surface area (TPSA) is 86.2 Å². The number of sulfonamides is 1. The number of hydrogen-bond donors (Lipinski definition) is 2. The Morgan fingerprint density at radius 3 is 2.05 bits per heavy atom. The number of nitrogen functional groups attached to an aromatic ring is 1. The first-order valence-electron chi connectivity index (χ1n) is 6.03. The Balaban J connectivity index is 2.29. The Bertz CT molecular complexity index is 730. The molecule has 0 atom stereocenters. The van der Waals surface area contributed by atoms with Crippen molar-refractivity contribution in [2.45, 2.75) is 11.8 Å². The molecule has 2 rings (SSSR count). The lowest BCUT2D eigenvalue weighted by molar-refractivity contribution is 0.598. The summed E-state index contributed by atoms with van der Waals surface area (Å²) in [4.78, 5) is 0.113. The van der Waals surface area contributed by atoms with Gasteiger partial charge >= 0.3 is 0 Å². The number of nitrogens with two attached hydrogens (primary N) is 2. The Hall–Kier alpha value is -2.11. The highest BCUT2D eigenvalue weighted by Crippen LogP contribution is 2.20. The molecule has 20 heavy (non-hydrogen) atoms. The Labute approximate surface area is 118 Å². The SMILES string of the molecule is CC(=Cc1ccc(N)cc1)c1ccc(S(N)(=O)=O)cc1. The average Bonchev–Trinajstić information content (AvgIpc) is 2.40. The molecule has 0 heterocycles. The van der Waals surface area contributed by atoms with Crippen molar-refractivity contribution in [1.82, 2.24) is 0 Å². The van der Waals surface area contributed by atoms with E-state index in [4.69, 9.17) is 10.9 Å². The van der Waals surface area contributed by atoms with E-state index in [9.17, 15) is 8.42 Å². The van der Waals surface area contributed by atoms with Gasteiger partial charge in [-0.2, -0.15) is 0 Å². The highest BCUT2D eigenvalue weighted by atomic mass is 32.2. The van der Waals surface area contributed by atoms with Crippen LogP contribution in [0.4, 0.5) is 5.69 Å². The molecule has 0 fully saturated rings. The molecule has 5 heteroatoms. The molecule has 0 aliphatic rings. The maximum absolute atomic E-state index is 11.2. The van der Waals surface area contributed by atoms with Crippen LogP contribution in [-0.2, 0) is 10.0 Å². The molecule has 0 aromatic heterocycles. The van der Waals surface area contributed by atoms with E-state index >= 15 is 0 Å². The first kappa shape index (κ1) is 14.3. The molecule has 4 nitrogen and oxygen atoms in total. The van der Waals surface area contributed by atoms with Crippen LogP contribution in [0.3, 0.4) is 0 Å². The molecule has 0 unspecified atom stereocenters. The lowest BCUT2D eigenvalue weighted by Gasteiger charge is -2.04. The monoisotopic (exact) mass is 288 g/mol. The van der Waals surface area contributed by atoms with Gasteiger partial charge < -0.3 is 5.73 Å². The van der Waals surface area contributed by atoms with Crippen LogP contribution in [0.5, 0.6) is 0 Å². The lowest BCUT2D eigenvalue weighted by Crippen LogP contribution is -2.11. The van der Waals surface area contributed by atoms with Crippen LogP contribution >= 0.6 is 0 Å². The fourth-order valence-corrected chi connectivity index (χ4v) is 2.35. The molecule has 2 aromatic rings. The van der Waals surface area contributed by atoms with Crippen molar-refractivity contribution in [1.29, 1.82) is 0 Å². The Morgan fingerprint density at radius 2 is 1.55 bits per heavy atom. The second kappa shape index (κ2) is 5.48. The summed E-state index contributed by atoms with van der Waals surface area (Å²) in [6, 6.07) is 14.0. The predicted octanol–water partition coefficient (Wildman–Crippen LogP) is 2.48. The van der Waals surface area contributed by atoms with E-state index in [-0.39, 0.29) is 4.90 Å². The fraction of sp³-hybridized carbons (Fsp3) is 0.0667. The van der Waals surface area contributed by atoms with E-state index in [0.717, 1.165) is 22.4 Å². The summed E-state index contributed by atoms with van der Waals surface area (Å²) >= 11 is 0. The van der Waals surface area contributed by atoms with Gasteiger partial charge in [0.2, 0.25) is 10.0 Å². The summed E-state index contributed by atoms with van der Waals surface area (Å²) in [7, 11) is -3.64. The number of rotatable bonds is 3. The number of hydrogen-bond acceptors (Lipinski definition) is 3. The van der Waals surface area contributed by atoms with Gasteiger partial charge in [-0.15, -0.1) is 0 Å². The molecule has 0 bridgehead atoms. The van der Waals surface area contributed by atoms with Crippen LogP contribution in [0.15, 0.2) is 53.4 Å². The first-order valence-corrected chi connectivity index (χ1v) is 7.58. The second-order valence-electron chi connectivity index (χ2n) is 4.56. The van der Waals surface area contributed by atoms with Crippen LogP contribution in [-0.4, -0.2) is 8.42 Å². The van der Waals surface area contributed by atoms with Crippen LogP contribution < -0.4 is 10.9 Å². The Kier molecular flexibility index (Phi) is 3.92. The van der Waals surface area contributed by atoms with E-state index in [1.54, 1.807) is 12.1 Å². The summed E-state index contributed by atoms with van der Waals surface area (Å²) in [5.74, 6) is 0. The minimum absolute atomic E-state index is 0.113. The van der Waals surface area contributed by atoms with Gasteiger partial charge in [-0.3, -0.25) is 0 Å². The van der Waals surface area contributed by atoms with Crippen molar-refractivity contribution < 1.29 is 8.42 Å². The minimum atomic E-state index is -3.64. The van der Waals surface area contributed by atoms with E-state index in [0.29, 0.717) is 0 Å². The number of benzene rings is 2. The summed E-state index contributed by atoms with van der Waals surface area (Å²) in [5, 5.41) is 5.07. The summed E-state index contributed by atoms with van der Waals surface area (Å²) in [5.41, 5.74) is 9.35. The molecular weight excluding hydrogens is 272 g/mol. The minimum Gasteiger partial charge on any atom is -0.399 e. The maximum atomic E-state index is 11.2. The Morgan fingerprint density at radius 1 is 1.00 bits per heavy atom. The fourth-order valence-electron chi connectivity index (χ4n) is 1.83. The number of primary sulfonamides is 1. The van der Waals surface area contributed by atoms with Gasteiger partial charge in [-0.1, -0.05) is 30.3 Å². The normalized spacial score (nSPS) is 12.4. The van der Waals surface area contributed by atoms with Crippen LogP contribution in [0.2, 0.25) is 0 Å². The molecule has 0 radical (unpaired) electrons. The quantitative estimate of drug-likeness (QED) is 0.672. The second-order valence-corrected chi connectivity index (χ2v) is 6.12. The molecular formula is C15H16N2O2S. The van der Waals surface area contributed by atoms with Gasteiger partial charge in [0.1, 0.15) is 0 Å². The predicted molar refractivity (Wildman–Crippen MR) is 82.2 cm³/mol. The molecule has 4 N–H and O–H groups in total. The van der Waals surface area contributed by atoms with E-state index < -0.39 is 10.0 Å². The third kappa shape index (κ3) is 3.46. The summed E-state index contributed by atoms with van der Waals surface area (Å²) < 4.78 is 22.4. The molecule has 104 valence electrons. The van der Waals surface area contributed by atoms with Crippen molar-refractivity contribution in [2.24, 2.45) is 5.14 Å². The highest BCUT2D eigenvalue weighted by Gasteiger charge is 2.07. The zero-order valence-electron chi connectivity index (χ0n) is 11.1. The number of allylic oxidation sites excluding steroid dienone is 1. The highest BCUT2D eigenvalue weighted by molar-refractivity contribution is 7.89. The lowest BCUT2D eigenvalue weighted by atomic mass is 10.0. The van der Waals surface area contributed by atoms with Crippen LogP contribution in [0.1, 0.15) is 18.1 Å². The largest absolute Gasteiger partial charge is 0.399 e. The van der Waals surface area contributed by atoms with E-state index in [2.05, 4.69) is 0 Å². The van der Waals surface area contributed by atoms with Gasteiger partial charge in [-0.05, 0) is 47.9 Å². The van der Waals surface area contributed by atoms with Crippen molar-refractivity contribution in [3.63, 3.8) is 0 Å². The standard InChI is InChI=1S/C15H16N2O2S/c1-11(10-12-2-6-14(16)7-3-12)13-4-8-15(9-5-13)20(17,18)19/h2-10H,16H2,1H3,(H2,17,18,19). The molecule has 2 aromatic carbocycles. The molecule has 0 spiro atoms. The van der Waals surface area contributed by atoms with Crippen molar-refractivity contribution in [2.75, 3.05) is 5.73 Å². The molecule has 0 aliphatic heterocycles. The zero-order valence-corrected chi connectivity index (χ0v) is 11.9. The molecule has 0 saturated carbocycles. The smallest absolute Gasteiger partial charge is 0.238 e. The van der Waals surface area contributed by atoms with E-state index in [1.807, 2.05) is 37.3 Å². The van der Waals surface area contributed by atoms with Crippen LogP contribution in [0, 0.1) is 0 Å². The molecule has 0 aliphatic carbocycles. The van der Waals surface area contributed by atoms with E-state index in [1.165, 1.54) is 12.1 Å². The van der Waals surface area contributed by atoms with Crippen LogP contribution in [0.25, 0.3) is 11.6 Å².